The molecule has 2 aliphatic heterocycles. The summed E-state index contributed by atoms with van der Waals surface area (Å²) in [4.78, 5) is 12.2. The molecule has 1 aromatic carbocycles. The molecule has 4 nitrogen and oxygen atoms in total. The number of nitrogens with one attached hydrogen (secondary N) is 1. The van der Waals surface area contributed by atoms with Crippen molar-refractivity contribution in [2.45, 2.75) is 37.8 Å². The Hall–Kier alpha value is -1.62. The second-order valence-electron chi connectivity index (χ2n) is 5.32. The lowest BCUT2D eigenvalue weighted by atomic mass is 10.0. The Morgan fingerprint density at radius 3 is 3.05 bits per heavy atom. The van der Waals surface area contributed by atoms with Gasteiger partial charge in [0.05, 0.1) is 12.6 Å². The van der Waals surface area contributed by atoms with Crippen molar-refractivity contribution in [1.29, 1.82) is 0 Å². The summed E-state index contributed by atoms with van der Waals surface area (Å²) in [5, 5.41) is 2.97. The fourth-order valence-electron chi connectivity index (χ4n) is 2.69. The minimum absolute atomic E-state index is 0.0782. The number of amides is 1. The van der Waals surface area contributed by atoms with Gasteiger partial charge in [0.1, 0.15) is 11.6 Å². The molecule has 1 amide bonds. The molecule has 0 bridgehead atoms. The molecule has 2 atom stereocenters. The molecule has 0 radical (unpaired) electrons. The maximum Gasteiger partial charge on any atom is 0.261 e. The van der Waals surface area contributed by atoms with Gasteiger partial charge in [-0.05, 0) is 49.4 Å². The van der Waals surface area contributed by atoms with Gasteiger partial charge in [-0.2, -0.15) is 0 Å². The maximum atomic E-state index is 13.1. The number of hydrogen-bond donors (Lipinski definition) is 1. The molecule has 0 spiro atoms. The van der Waals surface area contributed by atoms with E-state index in [2.05, 4.69) is 5.32 Å². The molecular formula is C15H18FNO3. The lowest BCUT2D eigenvalue weighted by Crippen LogP contribution is -2.47. The highest BCUT2D eigenvalue weighted by molar-refractivity contribution is 5.81. The first kappa shape index (κ1) is 13.4. The van der Waals surface area contributed by atoms with Gasteiger partial charge in [0, 0.05) is 6.61 Å². The van der Waals surface area contributed by atoms with E-state index in [1.807, 2.05) is 0 Å². The fourth-order valence-corrected chi connectivity index (χ4v) is 2.69. The Morgan fingerprint density at radius 2 is 2.25 bits per heavy atom. The molecule has 2 unspecified atom stereocenters. The molecule has 2 heterocycles. The van der Waals surface area contributed by atoms with Crippen molar-refractivity contribution in [2.75, 3.05) is 13.2 Å². The van der Waals surface area contributed by atoms with Crippen LogP contribution in [0.1, 0.15) is 24.8 Å². The zero-order valence-electron chi connectivity index (χ0n) is 11.2. The first-order chi connectivity index (χ1) is 9.72. The van der Waals surface area contributed by atoms with Crippen LogP contribution in [0.4, 0.5) is 4.39 Å². The van der Waals surface area contributed by atoms with Crippen LogP contribution in [0.25, 0.3) is 0 Å². The number of fused-ring (bicyclic) bond motifs is 1. The van der Waals surface area contributed by atoms with Crippen LogP contribution >= 0.6 is 0 Å². The number of carbonyl (C=O) groups is 1. The summed E-state index contributed by atoms with van der Waals surface area (Å²) >= 11 is 0. The first-order valence-electron chi connectivity index (χ1n) is 7.05. The van der Waals surface area contributed by atoms with Gasteiger partial charge in [0.2, 0.25) is 0 Å². The summed E-state index contributed by atoms with van der Waals surface area (Å²) in [6, 6.07) is 4.50. The predicted molar refractivity (Wildman–Crippen MR) is 71.1 cm³/mol. The highest BCUT2D eigenvalue weighted by Crippen LogP contribution is 2.28. The Labute approximate surface area is 117 Å². The standard InChI is InChI=1S/C15H18FNO3/c16-11-4-6-13-10(8-11)3-5-14(20-13)15(18)17-12-2-1-7-19-9-12/h4,6,8,12,14H,1-3,5,7,9H2,(H,17,18). The second-order valence-corrected chi connectivity index (χ2v) is 5.32. The molecule has 1 saturated heterocycles. The van der Waals surface area contributed by atoms with E-state index in [-0.39, 0.29) is 17.8 Å². The largest absolute Gasteiger partial charge is 0.480 e. The Kier molecular flexibility index (Phi) is 3.87. The Bertz CT molecular complexity index is 500. The van der Waals surface area contributed by atoms with Crippen molar-refractivity contribution in [2.24, 2.45) is 0 Å². The number of aryl methyl sites for hydroxylation is 1. The molecule has 0 saturated carbocycles. The summed E-state index contributed by atoms with van der Waals surface area (Å²) in [5.41, 5.74) is 0.829. The third-order valence-electron chi connectivity index (χ3n) is 3.77. The number of carbonyl (C=O) groups excluding carboxylic acids is 1. The number of halogens is 1. The van der Waals surface area contributed by atoms with Crippen molar-refractivity contribution in [3.63, 3.8) is 0 Å². The molecule has 20 heavy (non-hydrogen) atoms. The monoisotopic (exact) mass is 279 g/mol. The minimum atomic E-state index is -0.491. The van der Waals surface area contributed by atoms with Crippen LogP contribution in [-0.4, -0.2) is 31.3 Å². The topological polar surface area (TPSA) is 47.6 Å². The van der Waals surface area contributed by atoms with Crippen LogP contribution in [0.15, 0.2) is 18.2 Å². The number of hydrogen-bond acceptors (Lipinski definition) is 3. The highest BCUT2D eigenvalue weighted by Gasteiger charge is 2.28. The van der Waals surface area contributed by atoms with E-state index in [4.69, 9.17) is 9.47 Å². The summed E-state index contributed by atoms with van der Waals surface area (Å²) in [7, 11) is 0. The highest BCUT2D eigenvalue weighted by atomic mass is 19.1. The Balaban J connectivity index is 1.61. The van der Waals surface area contributed by atoms with Gasteiger partial charge in [0.15, 0.2) is 6.10 Å². The number of rotatable bonds is 2. The van der Waals surface area contributed by atoms with Crippen molar-refractivity contribution < 1.29 is 18.7 Å². The van der Waals surface area contributed by atoms with Crippen molar-refractivity contribution >= 4 is 5.91 Å². The van der Waals surface area contributed by atoms with Gasteiger partial charge in [-0.1, -0.05) is 0 Å². The quantitative estimate of drug-likeness (QED) is 0.898. The lowest BCUT2D eigenvalue weighted by molar-refractivity contribution is -0.130. The van der Waals surface area contributed by atoms with Crippen LogP contribution in [0.3, 0.4) is 0 Å². The molecule has 3 rings (SSSR count). The van der Waals surface area contributed by atoms with E-state index in [1.54, 1.807) is 6.07 Å². The summed E-state index contributed by atoms with van der Waals surface area (Å²) in [6.07, 6.45) is 2.66. The third kappa shape index (κ3) is 2.93. The second kappa shape index (κ2) is 5.79. The molecule has 1 aromatic rings. The SMILES string of the molecule is O=C(NC1CCCOC1)C1CCc2cc(F)ccc2O1. The molecule has 2 aliphatic rings. The van der Waals surface area contributed by atoms with Gasteiger partial charge >= 0.3 is 0 Å². The zero-order chi connectivity index (χ0) is 13.9. The van der Waals surface area contributed by atoms with Crippen molar-refractivity contribution in [3.05, 3.63) is 29.6 Å². The smallest absolute Gasteiger partial charge is 0.261 e. The molecule has 1 fully saturated rings. The van der Waals surface area contributed by atoms with Gasteiger partial charge in [-0.3, -0.25) is 4.79 Å². The molecule has 0 aromatic heterocycles. The maximum absolute atomic E-state index is 13.1. The van der Waals surface area contributed by atoms with Gasteiger partial charge in [0.25, 0.3) is 5.91 Å². The molecule has 108 valence electrons. The summed E-state index contributed by atoms with van der Waals surface area (Å²) < 4.78 is 24.1. The van der Waals surface area contributed by atoms with E-state index in [0.717, 1.165) is 25.0 Å². The van der Waals surface area contributed by atoms with Gasteiger partial charge in [-0.25, -0.2) is 4.39 Å². The van der Waals surface area contributed by atoms with Crippen LogP contribution in [0.2, 0.25) is 0 Å². The predicted octanol–water partition coefficient (Wildman–Crippen LogP) is 1.81. The minimum Gasteiger partial charge on any atom is -0.480 e. The zero-order valence-corrected chi connectivity index (χ0v) is 11.2. The van der Waals surface area contributed by atoms with Gasteiger partial charge in [-0.15, -0.1) is 0 Å². The Morgan fingerprint density at radius 1 is 1.35 bits per heavy atom. The van der Waals surface area contributed by atoms with E-state index < -0.39 is 6.10 Å². The van der Waals surface area contributed by atoms with Gasteiger partial charge < -0.3 is 14.8 Å². The van der Waals surface area contributed by atoms with Crippen molar-refractivity contribution in [1.82, 2.24) is 5.32 Å². The summed E-state index contributed by atoms with van der Waals surface area (Å²) in [6.45, 7) is 1.34. The van der Waals surface area contributed by atoms with Crippen LogP contribution < -0.4 is 10.1 Å². The molecule has 0 aliphatic carbocycles. The average molecular weight is 279 g/mol. The average Bonchev–Trinajstić information content (AvgIpc) is 2.47. The van der Waals surface area contributed by atoms with Crippen LogP contribution in [-0.2, 0) is 16.0 Å². The lowest BCUT2D eigenvalue weighted by Gasteiger charge is -2.28. The van der Waals surface area contributed by atoms with E-state index in [1.165, 1.54) is 12.1 Å². The fraction of sp³-hybridized carbons (Fsp3) is 0.533. The normalized spacial score (nSPS) is 25.4. The number of benzene rings is 1. The van der Waals surface area contributed by atoms with Crippen LogP contribution in [0.5, 0.6) is 5.75 Å². The van der Waals surface area contributed by atoms with E-state index >= 15 is 0 Å². The summed E-state index contributed by atoms with van der Waals surface area (Å²) in [5.74, 6) is 0.239. The van der Waals surface area contributed by atoms with Crippen LogP contribution in [0, 0.1) is 5.82 Å². The first-order valence-corrected chi connectivity index (χ1v) is 7.05. The number of ether oxygens (including phenoxy) is 2. The molecule has 1 N–H and O–H groups in total. The molecule has 5 heteroatoms. The third-order valence-corrected chi connectivity index (χ3v) is 3.77. The van der Waals surface area contributed by atoms with E-state index in [9.17, 15) is 9.18 Å². The molecular weight excluding hydrogens is 261 g/mol. The van der Waals surface area contributed by atoms with Crippen molar-refractivity contribution in [3.8, 4) is 5.75 Å². The van der Waals surface area contributed by atoms with E-state index in [0.29, 0.717) is 25.2 Å².